The quantitative estimate of drug-likeness (QED) is 0.0842. The van der Waals surface area contributed by atoms with Crippen LogP contribution in [-0.2, 0) is 46.3 Å². The molecular weight excluding hydrogens is 875 g/mol. The van der Waals surface area contributed by atoms with Crippen LogP contribution in [-0.4, -0.2) is 139 Å². The molecule has 2 fully saturated rings. The van der Waals surface area contributed by atoms with Gasteiger partial charge in [0.1, 0.15) is 17.6 Å². The van der Waals surface area contributed by atoms with Gasteiger partial charge in [-0.05, 0) is 83.7 Å². The van der Waals surface area contributed by atoms with Crippen molar-refractivity contribution in [1.82, 2.24) is 14.7 Å². The number of carboxylic acid groups (broad SMARTS) is 3. The van der Waals surface area contributed by atoms with Crippen molar-refractivity contribution in [2.75, 3.05) is 43.7 Å². The molecule has 65 heavy (non-hydrogen) atoms. The Kier molecular flexibility index (Phi) is 25.6. The SMILES string of the molecule is C=C(CSCC)C(=O)N1C(=O)OC(C)(C)[C@@H]1Cc1ccccc1.C=C(CSCC)C(=O)O.CCCC[C@H](CN(C)C)C(=O)N1C(=O)OC(C)(C)[C@@H]1Cc1ccccc1.O=C(O)CC(=O)O. The van der Waals surface area contributed by atoms with Crippen LogP contribution in [0.3, 0.4) is 0 Å². The molecule has 3 N–H and O–H groups in total. The van der Waals surface area contributed by atoms with Crippen LogP contribution >= 0.6 is 23.5 Å². The normalized spacial score (nSPS) is 17.1. The summed E-state index contributed by atoms with van der Waals surface area (Å²) in [5.41, 5.74) is 1.46. The van der Waals surface area contributed by atoms with Crippen molar-refractivity contribution in [3.63, 3.8) is 0 Å². The van der Waals surface area contributed by atoms with Crippen LogP contribution in [0.4, 0.5) is 9.59 Å². The number of hydrogen-bond donors (Lipinski definition) is 3. The minimum atomic E-state index is -1.31. The molecule has 2 aromatic carbocycles. The Morgan fingerprint density at radius 1 is 0.708 bits per heavy atom. The molecule has 4 amide bonds. The van der Waals surface area contributed by atoms with E-state index < -0.39 is 47.7 Å². The maximum absolute atomic E-state index is 13.3. The summed E-state index contributed by atoms with van der Waals surface area (Å²) in [6.07, 6.45) is 2.06. The highest BCUT2D eigenvalue weighted by Crippen LogP contribution is 2.35. The highest BCUT2D eigenvalue weighted by atomic mass is 32.2. The number of nitrogens with zero attached hydrogens (tertiary/aromatic N) is 3. The second-order valence-corrected chi connectivity index (χ2v) is 19.1. The van der Waals surface area contributed by atoms with Gasteiger partial charge in [0.2, 0.25) is 5.91 Å². The van der Waals surface area contributed by atoms with Crippen LogP contribution < -0.4 is 0 Å². The van der Waals surface area contributed by atoms with Crippen molar-refractivity contribution in [3.8, 4) is 0 Å². The van der Waals surface area contributed by atoms with Crippen molar-refractivity contribution in [3.05, 3.63) is 96.1 Å². The summed E-state index contributed by atoms with van der Waals surface area (Å²) in [6, 6.07) is 19.1. The average Bonchev–Trinajstić information content (AvgIpc) is 3.60. The molecule has 0 aromatic heterocycles. The van der Waals surface area contributed by atoms with Gasteiger partial charge in [-0.15, -0.1) is 0 Å². The van der Waals surface area contributed by atoms with E-state index in [0.717, 1.165) is 41.9 Å². The molecule has 0 unspecified atom stereocenters. The number of amides is 4. The fraction of sp³-hybridized carbons (Fsp3) is 0.521. The zero-order chi connectivity index (χ0) is 49.5. The highest BCUT2D eigenvalue weighted by molar-refractivity contribution is 7.99. The molecular formula is C48H69N3O12S2. The maximum Gasteiger partial charge on any atom is 0.417 e. The van der Waals surface area contributed by atoms with Gasteiger partial charge in [0, 0.05) is 29.2 Å². The number of aliphatic carboxylic acids is 3. The van der Waals surface area contributed by atoms with E-state index >= 15 is 0 Å². The van der Waals surface area contributed by atoms with Crippen molar-refractivity contribution in [1.29, 1.82) is 0 Å². The number of carboxylic acids is 3. The van der Waals surface area contributed by atoms with E-state index in [0.29, 0.717) is 36.5 Å². The second-order valence-electron chi connectivity index (χ2n) is 16.6. The topological polar surface area (TPSA) is 208 Å². The van der Waals surface area contributed by atoms with Crippen LogP contribution in [0.2, 0.25) is 0 Å². The molecule has 0 spiro atoms. The molecule has 3 atom stereocenters. The number of cyclic esters (lactones) is 2. The largest absolute Gasteiger partial charge is 0.481 e. The maximum atomic E-state index is 13.3. The molecule has 4 rings (SSSR count). The third kappa shape index (κ3) is 20.3. The second kappa shape index (κ2) is 28.7. The van der Waals surface area contributed by atoms with E-state index in [-0.39, 0.29) is 35.4 Å². The molecule has 2 aliphatic heterocycles. The van der Waals surface area contributed by atoms with Crippen molar-refractivity contribution >= 4 is 65.4 Å². The Bertz CT molecular complexity index is 1890. The average molecular weight is 944 g/mol. The Morgan fingerprint density at radius 2 is 1.12 bits per heavy atom. The molecule has 0 radical (unpaired) electrons. The Labute approximate surface area is 393 Å². The minimum absolute atomic E-state index is 0.108. The third-order valence-corrected chi connectivity index (χ3v) is 12.0. The molecule has 15 nitrogen and oxygen atoms in total. The van der Waals surface area contributed by atoms with E-state index in [1.165, 1.54) is 9.80 Å². The van der Waals surface area contributed by atoms with E-state index in [4.69, 9.17) is 24.8 Å². The smallest absolute Gasteiger partial charge is 0.417 e. The molecule has 17 heteroatoms. The summed E-state index contributed by atoms with van der Waals surface area (Å²) in [5, 5.41) is 23.7. The first-order chi connectivity index (χ1) is 30.4. The number of thioether (sulfide) groups is 2. The molecule has 2 saturated heterocycles. The molecule has 0 aliphatic carbocycles. The van der Waals surface area contributed by atoms with Crippen LogP contribution in [0.5, 0.6) is 0 Å². The molecule has 360 valence electrons. The summed E-state index contributed by atoms with van der Waals surface area (Å²) in [5.74, 6) is -1.25. The number of benzene rings is 2. The van der Waals surface area contributed by atoms with Gasteiger partial charge in [0.05, 0.1) is 18.0 Å². The lowest BCUT2D eigenvalue weighted by Gasteiger charge is -2.30. The van der Waals surface area contributed by atoms with Crippen LogP contribution in [0.1, 0.15) is 85.3 Å². The van der Waals surface area contributed by atoms with Gasteiger partial charge in [0.25, 0.3) is 5.91 Å². The monoisotopic (exact) mass is 943 g/mol. The number of carbonyl (C=O) groups excluding carboxylic acids is 4. The first-order valence-electron chi connectivity index (χ1n) is 21.5. The lowest BCUT2D eigenvalue weighted by Crippen LogP contribution is -2.49. The highest BCUT2D eigenvalue weighted by Gasteiger charge is 2.52. The van der Waals surface area contributed by atoms with Gasteiger partial charge in [-0.25, -0.2) is 24.2 Å². The van der Waals surface area contributed by atoms with Gasteiger partial charge in [-0.2, -0.15) is 23.5 Å². The number of unbranched alkanes of at least 4 members (excludes halogenated alkanes) is 1. The summed E-state index contributed by atoms with van der Waals surface area (Å²) in [4.78, 5) is 84.3. The first-order valence-corrected chi connectivity index (χ1v) is 23.8. The summed E-state index contributed by atoms with van der Waals surface area (Å²) >= 11 is 3.17. The van der Waals surface area contributed by atoms with E-state index in [1.807, 2.05) is 121 Å². The lowest BCUT2D eigenvalue weighted by molar-refractivity contribution is -0.147. The predicted molar refractivity (Wildman–Crippen MR) is 256 cm³/mol. The number of imide groups is 2. The number of hydrogen-bond acceptors (Lipinski definition) is 12. The Morgan fingerprint density at radius 3 is 1.49 bits per heavy atom. The zero-order valence-corrected chi connectivity index (χ0v) is 41.0. The van der Waals surface area contributed by atoms with E-state index in [9.17, 15) is 33.6 Å². The van der Waals surface area contributed by atoms with Crippen LogP contribution in [0, 0.1) is 5.92 Å². The minimum Gasteiger partial charge on any atom is -0.481 e. The first kappa shape index (κ1) is 57.9. The van der Waals surface area contributed by atoms with Gasteiger partial charge in [-0.3, -0.25) is 19.2 Å². The molecule has 0 saturated carbocycles. The number of ether oxygens (including phenoxy) is 2. The summed E-state index contributed by atoms with van der Waals surface area (Å²) in [7, 11) is 3.92. The lowest BCUT2D eigenvalue weighted by atomic mass is 9.90. The molecule has 2 heterocycles. The van der Waals surface area contributed by atoms with Crippen molar-refractivity contribution in [2.24, 2.45) is 5.92 Å². The fourth-order valence-corrected chi connectivity index (χ4v) is 7.78. The molecule has 2 aromatic rings. The van der Waals surface area contributed by atoms with Crippen LogP contribution in [0.15, 0.2) is 85.0 Å². The van der Waals surface area contributed by atoms with Crippen LogP contribution in [0.25, 0.3) is 0 Å². The van der Waals surface area contributed by atoms with E-state index in [2.05, 4.69) is 20.1 Å². The Hall–Kier alpha value is -5.13. The third-order valence-electron chi connectivity index (χ3n) is 10.0. The summed E-state index contributed by atoms with van der Waals surface area (Å²) in [6.45, 7) is 21.4. The Balaban J connectivity index is 0.000000491. The van der Waals surface area contributed by atoms with Gasteiger partial charge in [0.15, 0.2) is 0 Å². The van der Waals surface area contributed by atoms with Gasteiger partial charge >= 0.3 is 30.1 Å². The standard InChI is InChI=1S/C21H32N2O3.C18H23NO3S.C6H10O2S.C3H4O4/c1-6-7-13-17(15-22(4)5)19(24)23-18(21(2,3)26-20(23)25)14-16-11-9-8-10-12-16;1-5-23-12-13(2)16(20)19-15(18(3,4)22-17(19)21)11-14-9-7-6-8-10-14;1-3-9-4-5(2)6(7)8;4-2(5)1-3(6)7/h8-12,17-18H,6-7,13-15H2,1-5H3;6-10,15H,2,5,11-12H2,1,3-4H3;2-4H2,1H3,(H,7,8);1H2,(H,4,5)(H,6,7)/t17-,18+;15-;;/m10../s1. The summed E-state index contributed by atoms with van der Waals surface area (Å²) < 4.78 is 11.0. The number of rotatable bonds is 20. The van der Waals surface area contributed by atoms with E-state index in [1.54, 1.807) is 23.5 Å². The zero-order valence-electron chi connectivity index (χ0n) is 39.4. The van der Waals surface area contributed by atoms with Gasteiger partial charge in [-0.1, -0.05) is 107 Å². The van der Waals surface area contributed by atoms with Crippen molar-refractivity contribution in [2.45, 2.75) is 110 Å². The number of carbonyl (C=O) groups is 7. The molecule has 0 bridgehead atoms. The molecule has 2 aliphatic rings. The fourth-order valence-electron chi connectivity index (χ4n) is 6.63. The predicted octanol–water partition coefficient (Wildman–Crippen LogP) is 8.31. The van der Waals surface area contributed by atoms with Crippen molar-refractivity contribution < 1.29 is 58.4 Å². The van der Waals surface area contributed by atoms with Gasteiger partial charge < -0.3 is 29.7 Å².